The van der Waals surface area contributed by atoms with Gasteiger partial charge in [-0.15, -0.1) is 0 Å². The Kier molecular flexibility index (Phi) is 7.36. The fraction of sp³-hybridized carbons (Fsp3) is 0.600. The van der Waals surface area contributed by atoms with Crippen molar-refractivity contribution < 1.29 is 4.74 Å². The van der Waals surface area contributed by atoms with Crippen LogP contribution in [-0.2, 0) is 0 Å². The molecule has 0 spiro atoms. The highest BCUT2D eigenvalue weighted by atomic mass is 79.9. The molecular formula is C15H24BrNO. The molecule has 0 saturated carbocycles. The van der Waals surface area contributed by atoms with Gasteiger partial charge in [0.05, 0.1) is 6.10 Å². The summed E-state index contributed by atoms with van der Waals surface area (Å²) < 4.78 is 7.04. The van der Waals surface area contributed by atoms with Crippen molar-refractivity contribution in [2.45, 2.75) is 46.1 Å². The van der Waals surface area contributed by atoms with E-state index in [1.807, 2.05) is 12.1 Å². The van der Waals surface area contributed by atoms with Crippen molar-refractivity contribution in [1.29, 1.82) is 0 Å². The molecule has 0 bridgehead atoms. The number of halogens is 1. The number of ether oxygens (including phenoxy) is 1. The van der Waals surface area contributed by atoms with Crippen LogP contribution in [0.25, 0.3) is 0 Å². The molecular weight excluding hydrogens is 290 g/mol. The van der Waals surface area contributed by atoms with E-state index in [9.17, 15) is 0 Å². The molecule has 1 unspecified atom stereocenters. The molecule has 1 aromatic rings. The molecule has 0 aliphatic carbocycles. The largest absolute Gasteiger partial charge is 0.491 e. The number of hydrogen-bond acceptors (Lipinski definition) is 2. The van der Waals surface area contributed by atoms with E-state index in [2.05, 4.69) is 48.1 Å². The third-order valence-corrected chi connectivity index (χ3v) is 3.75. The molecule has 0 saturated heterocycles. The lowest BCUT2D eigenvalue weighted by molar-refractivity contribution is 0.207. The summed E-state index contributed by atoms with van der Waals surface area (Å²) in [5.41, 5.74) is 1.21. The van der Waals surface area contributed by atoms with Crippen LogP contribution in [0.1, 0.15) is 38.7 Å². The lowest BCUT2D eigenvalue weighted by atomic mass is 10.2. The van der Waals surface area contributed by atoms with Crippen LogP contribution in [0.4, 0.5) is 0 Å². The van der Waals surface area contributed by atoms with Crippen molar-refractivity contribution in [2.75, 3.05) is 13.1 Å². The molecule has 18 heavy (non-hydrogen) atoms. The predicted molar refractivity (Wildman–Crippen MR) is 81.4 cm³/mol. The van der Waals surface area contributed by atoms with Crippen LogP contribution in [-0.4, -0.2) is 19.2 Å². The van der Waals surface area contributed by atoms with E-state index in [0.717, 1.165) is 36.2 Å². The van der Waals surface area contributed by atoms with Gasteiger partial charge in [-0.1, -0.05) is 22.9 Å². The Labute approximate surface area is 119 Å². The average molecular weight is 314 g/mol. The number of rotatable bonds is 8. The maximum atomic E-state index is 5.91. The number of benzene rings is 1. The second kappa shape index (κ2) is 8.54. The first-order valence-electron chi connectivity index (χ1n) is 6.77. The molecule has 0 heterocycles. The van der Waals surface area contributed by atoms with Crippen LogP contribution >= 0.6 is 15.9 Å². The first-order valence-corrected chi connectivity index (χ1v) is 7.56. The third-order valence-electron chi connectivity index (χ3n) is 2.86. The molecule has 1 aromatic carbocycles. The Hall–Kier alpha value is -0.540. The second-order valence-electron chi connectivity index (χ2n) is 4.73. The molecule has 0 fully saturated rings. The zero-order valence-electron chi connectivity index (χ0n) is 11.6. The van der Waals surface area contributed by atoms with Crippen molar-refractivity contribution in [3.05, 3.63) is 28.2 Å². The summed E-state index contributed by atoms with van der Waals surface area (Å²) in [7, 11) is 0. The van der Waals surface area contributed by atoms with E-state index in [1.165, 1.54) is 12.0 Å². The van der Waals surface area contributed by atoms with Crippen LogP contribution in [0.2, 0.25) is 0 Å². The monoisotopic (exact) mass is 313 g/mol. The zero-order valence-corrected chi connectivity index (χ0v) is 13.2. The van der Waals surface area contributed by atoms with E-state index >= 15 is 0 Å². The van der Waals surface area contributed by atoms with Gasteiger partial charge in [-0.3, -0.25) is 0 Å². The Balaban J connectivity index is 2.26. The van der Waals surface area contributed by atoms with Gasteiger partial charge in [-0.2, -0.15) is 0 Å². The van der Waals surface area contributed by atoms with Crippen molar-refractivity contribution >= 4 is 15.9 Å². The van der Waals surface area contributed by atoms with Crippen molar-refractivity contribution in [3.63, 3.8) is 0 Å². The molecule has 2 nitrogen and oxygen atoms in total. The van der Waals surface area contributed by atoms with Gasteiger partial charge in [0.25, 0.3) is 0 Å². The first kappa shape index (κ1) is 15.5. The van der Waals surface area contributed by atoms with E-state index in [4.69, 9.17) is 4.74 Å². The molecule has 0 aromatic heterocycles. The van der Waals surface area contributed by atoms with E-state index in [1.54, 1.807) is 0 Å². The summed E-state index contributed by atoms with van der Waals surface area (Å²) in [6, 6.07) is 6.14. The molecule has 0 aliphatic heterocycles. The number of nitrogens with one attached hydrogen (secondary N) is 1. The van der Waals surface area contributed by atoms with Crippen LogP contribution in [0.3, 0.4) is 0 Å². The average Bonchev–Trinajstić information content (AvgIpc) is 2.34. The SMILES string of the molecule is CCCNCCCC(C)Oc1ccc(Br)c(C)c1. The summed E-state index contributed by atoms with van der Waals surface area (Å²) >= 11 is 3.50. The molecule has 1 N–H and O–H groups in total. The molecule has 0 aliphatic rings. The van der Waals surface area contributed by atoms with Crippen LogP contribution < -0.4 is 10.1 Å². The summed E-state index contributed by atoms with van der Waals surface area (Å²) in [5.74, 6) is 0.963. The van der Waals surface area contributed by atoms with Crippen LogP contribution in [0.5, 0.6) is 5.75 Å². The molecule has 0 amide bonds. The summed E-state index contributed by atoms with van der Waals surface area (Å²) in [4.78, 5) is 0. The van der Waals surface area contributed by atoms with E-state index in [-0.39, 0.29) is 6.10 Å². The zero-order chi connectivity index (χ0) is 13.4. The molecule has 1 rings (SSSR count). The van der Waals surface area contributed by atoms with E-state index < -0.39 is 0 Å². The third kappa shape index (κ3) is 5.87. The highest BCUT2D eigenvalue weighted by Crippen LogP contribution is 2.22. The Bertz CT molecular complexity index is 354. The van der Waals surface area contributed by atoms with Gasteiger partial charge in [0.2, 0.25) is 0 Å². The van der Waals surface area contributed by atoms with Gasteiger partial charge in [-0.05, 0) is 70.0 Å². The maximum absolute atomic E-state index is 5.91. The smallest absolute Gasteiger partial charge is 0.120 e. The predicted octanol–water partition coefficient (Wildman–Crippen LogP) is 4.30. The standard InChI is InChI=1S/C15H24BrNO/c1-4-9-17-10-5-6-13(3)18-14-7-8-15(16)12(2)11-14/h7-8,11,13,17H,4-6,9-10H2,1-3H3. The van der Waals surface area contributed by atoms with Gasteiger partial charge < -0.3 is 10.1 Å². The van der Waals surface area contributed by atoms with Crippen LogP contribution in [0, 0.1) is 6.92 Å². The first-order chi connectivity index (χ1) is 8.63. The van der Waals surface area contributed by atoms with Crippen molar-refractivity contribution in [3.8, 4) is 5.75 Å². The number of aryl methyl sites for hydroxylation is 1. The van der Waals surface area contributed by atoms with Crippen molar-refractivity contribution in [2.24, 2.45) is 0 Å². The highest BCUT2D eigenvalue weighted by Gasteiger charge is 2.05. The summed E-state index contributed by atoms with van der Waals surface area (Å²) in [6.07, 6.45) is 3.72. The molecule has 3 heteroatoms. The Morgan fingerprint density at radius 2 is 2.11 bits per heavy atom. The Morgan fingerprint density at radius 1 is 1.33 bits per heavy atom. The fourth-order valence-electron chi connectivity index (χ4n) is 1.80. The van der Waals surface area contributed by atoms with Crippen molar-refractivity contribution in [1.82, 2.24) is 5.32 Å². The maximum Gasteiger partial charge on any atom is 0.120 e. The molecule has 1 atom stereocenters. The van der Waals surface area contributed by atoms with Gasteiger partial charge in [0.1, 0.15) is 5.75 Å². The van der Waals surface area contributed by atoms with E-state index in [0.29, 0.717) is 0 Å². The summed E-state index contributed by atoms with van der Waals surface area (Å²) in [5, 5.41) is 3.41. The molecule has 102 valence electrons. The normalized spacial score (nSPS) is 12.4. The van der Waals surface area contributed by atoms with Gasteiger partial charge >= 0.3 is 0 Å². The van der Waals surface area contributed by atoms with Crippen LogP contribution in [0.15, 0.2) is 22.7 Å². The van der Waals surface area contributed by atoms with Gasteiger partial charge in [0.15, 0.2) is 0 Å². The van der Waals surface area contributed by atoms with Gasteiger partial charge in [0, 0.05) is 4.47 Å². The van der Waals surface area contributed by atoms with Gasteiger partial charge in [-0.25, -0.2) is 0 Å². The second-order valence-corrected chi connectivity index (χ2v) is 5.59. The topological polar surface area (TPSA) is 21.3 Å². The lowest BCUT2D eigenvalue weighted by Crippen LogP contribution is -2.19. The summed E-state index contributed by atoms with van der Waals surface area (Å²) in [6.45, 7) is 8.60. The highest BCUT2D eigenvalue weighted by molar-refractivity contribution is 9.10. The minimum Gasteiger partial charge on any atom is -0.491 e. The lowest BCUT2D eigenvalue weighted by Gasteiger charge is -2.15. The Morgan fingerprint density at radius 3 is 2.78 bits per heavy atom. The molecule has 0 radical (unpaired) electrons. The number of hydrogen-bond donors (Lipinski definition) is 1. The minimum atomic E-state index is 0.272. The minimum absolute atomic E-state index is 0.272. The fourth-order valence-corrected chi connectivity index (χ4v) is 2.04. The quantitative estimate of drug-likeness (QED) is 0.722.